The van der Waals surface area contributed by atoms with E-state index in [2.05, 4.69) is 10.6 Å². The fraction of sp³-hybridized carbons (Fsp3) is 0.591. The number of carbonyl (C=O) groups is 3. The number of hydrogen-bond donors (Lipinski definition) is 4. The molecule has 1 fully saturated rings. The fourth-order valence-electron chi connectivity index (χ4n) is 3.38. The first kappa shape index (κ1) is 26.9. The molecule has 1 aromatic rings. The van der Waals surface area contributed by atoms with E-state index in [1.807, 2.05) is 0 Å². The number of hydrogen-bond acceptors (Lipinski definition) is 7. The Morgan fingerprint density at radius 3 is 2.30 bits per heavy atom. The highest BCUT2D eigenvalue weighted by Crippen LogP contribution is 2.23. The lowest BCUT2D eigenvalue weighted by Gasteiger charge is -2.31. The van der Waals surface area contributed by atoms with E-state index < -0.39 is 39.1 Å². The van der Waals surface area contributed by atoms with E-state index in [-0.39, 0.29) is 36.9 Å². The van der Waals surface area contributed by atoms with Crippen LogP contribution in [0.2, 0.25) is 0 Å². The Balaban J connectivity index is 1.71. The van der Waals surface area contributed by atoms with Crippen molar-refractivity contribution >= 4 is 27.6 Å². The number of amides is 2. The number of nitrogens with zero attached hydrogens (tertiary/aromatic N) is 1. The second-order valence-electron chi connectivity index (χ2n) is 8.88. The third kappa shape index (κ3) is 7.32. The number of aliphatic hydroxyl groups excluding tert-OH is 2. The number of piperidine rings is 1. The van der Waals surface area contributed by atoms with Gasteiger partial charge in [-0.3, -0.25) is 14.4 Å². The third-order valence-electron chi connectivity index (χ3n) is 5.81. The van der Waals surface area contributed by atoms with Crippen LogP contribution in [-0.2, 0) is 24.4 Å². The van der Waals surface area contributed by atoms with Crippen LogP contribution in [0.25, 0.3) is 0 Å². The quantitative estimate of drug-likeness (QED) is 0.314. The summed E-state index contributed by atoms with van der Waals surface area (Å²) in [5.41, 5.74) is -1.03. The molecule has 1 heterocycles. The van der Waals surface area contributed by atoms with Crippen molar-refractivity contribution in [2.24, 2.45) is 11.3 Å². The van der Waals surface area contributed by atoms with Crippen LogP contribution in [0.15, 0.2) is 35.2 Å². The fourth-order valence-corrected chi connectivity index (χ4v) is 4.87. The molecule has 0 spiro atoms. The standard InChI is InChI=1S/C22H33N3O7S/c1-22(2,15-26)19(28)21(30)23-11-8-18(27)20(29)24-14-16-9-12-25(13-10-16)33(31,32)17-6-4-3-5-7-17/h3-7,16,19,26,28H,8-15H2,1-2H3,(H,23,30)(H,24,29)/t19-/m0/s1. The molecule has 11 heteroatoms. The molecule has 184 valence electrons. The maximum atomic E-state index is 12.7. The first-order valence-corrected chi connectivity index (χ1v) is 12.4. The highest BCUT2D eigenvalue weighted by atomic mass is 32.2. The van der Waals surface area contributed by atoms with Crippen LogP contribution in [-0.4, -0.2) is 79.4 Å². The summed E-state index contributed by atoms with van der Waals surface area (Å²) in [7, 11) is -3.54. The van der Waals surface area contributed by atoms with Crippen molar-refractivity contribution in [3.05, 3.63) is 30.3 Å². The first-order valence-electron chi connectivity index (χ1n) is 10.9. The molecular formula is C22H33N3O7S. The van der Waals surface area contributed by atoms with Gasteiger partial charge in [0, 0.05) is 38.0 Å². The largest absolute Gasteiger partial charge is 0.396 e. The van der Waals surface area contributed by atoms with Gasteiger partial charge in [0.15, 0.2) is 0 Å². The Morgan fingerprint density at radius 2 is 1.73 bits per heavy atom. The van der Waals surface area contributed by atoms with Gasteiger partial charge >= 0.3 is 0 Å². The van der Waals surface area contributed by atoms with Crippen LogP contribution in [0.3, 0.4) is 0 Å². The van der Waals surface area contributed by atoms with Crippen LogP contribution < -0.4 is 10.6 Å². The van der Waals surface area contributed by atoms with E-state index in [1.165, 1.54) is 18.2 Å². The van der Waals surface area contributed by atoms with Gasteiger partial charge in [-0.25, -0.2) is 8.42 Å². The lowest BCUT2D eigenvalue weighted by molar-refractivity contribution is -0.139. The van der Waals surface area contributed by atoms with Crippen molar-refractivity contribution in [2.75, 3.05) is 32.8 Å². The molecule has 1 saturated heterocycles. The number of Topliss-reactive ketones (excluding diaryl/α,β-unsaturated/α-hetero) is 1. The Hall–Kier alpha value is -2.34. The number of nitrogens with one attached hydrogen (secondary N) is 2. The molecule has 1 aliphatic rings. The van der Waals surface area contributed by atoms with Gasteiger partial charge in [-0.2, -0.15) is 4.31 Å². The Bertz CT molecular complexity index is 927. The van der Waals surface area contributed by atoms with E-state index in [0.29, 0.717) is 25.9 Å². The number of benzene rings is 1. The highest BCUT2D eigenvalue weighted by molar-refractivity contribution is 7.89. The van der Waals surface area contributed by atoms with Crippen LogP contribution >= 0.6 is 0 Å². The minimum atomic E-state index is -3.54. The van der Waals surface area contributed by atoms with Crippen molar-refractivity contribution in [3.8, 4) is 0 Å². The topological polar surface area (TPSA) is 153 Å². The molecule has 2 amide bonds. The lowest BCUT2D eigenvalue weighted by Crippen LogP contribution is -2.46. The van der Waals surface area contributed by atoms with Gasteiger partial charge in [0.25, 0.3) is 5.91 Å². The summed E-state index contributed by atoms with van der Waals surface area (Å²) in [5.74, 6) is -2.13. The van der Waals surface area contributed by atoms with E-state index in [0.717, 1.165) is 0 Å². The Morgan fingerprint density at radius 1 is 1.12 bits per heavy atom. The van der Waals surface area contributed by atoms with E-state index in [1.54, 1.807) is 30.3 Å². The second-order valence-corrected chi connectivity index (χ2v) is 10.8. The molecule has 1 atom stereocenters. The maximum Gasteiger partial charge on any atom is 0.287 e. The van der Waals surface area contributed by atoms with Gasteiger partial charge in [0.05, 0.1) is 11.5 Å². The number of ketones is 1. The maximum absolute atomic E-state index is 12.7. The molecule has 4 N–H and O–H groups in total. The average Bonchev–Trinajstić information content (AvgIpc) is 2.82. The smallest absolute Gasteiger partial charge is 0.287 e. The van der Waals surface area contributed by atoms with Crippen LogP contribution in [0.4, 0.5) is 0 Å². The highest BCUT2D eigenvalue weighted by Gasteiger charge is 2.33. The zero-order valence-corrected chi connectivity index (χ0v) is 19.8. The van der Waals surface area contributed by atoms with Crippen LogP contribution in [0.1, 0.15) is 33.1 Å². The molecule has 2 rings (SSSR count). The molecular weight excluding hydrogens is 450 g/mol. The second kappa shape index (κ2) is 11.7. The number of sulfonamides is 1. The van der Waals surface area contributed by atoms with Crippen LogP contribution in [0, 0.1) is 11.3 Å². The van der Waals surface area contributed by atoms with Gasteiger partial charge in [-0.1, -0.05) is 32.0 Å². The van der Waals surface area contributed by atoms with Crippen molar-refractivity contribution < 1.29 is 33.0 Å². The van der Waals surface area contributed by atoms with Crippen LogP contribution in [0.5, 0.6) is 0 Å². The molecule has 0 saturated carbocycles. The van der Waals surface area contributed by atoms with Gasteiger partial charge in [-0.15, -0.1) is 0 Å². The summed E-state index contributed by atoms with van der Waals surface area (Å²) in [6.45, 7) is 3.49. The molecule has 0 unspecified atom stereocenters. The summed E-state index contributed by atoms with van der Waals surface area (Å²) in [4.78, 5) is 36.2. The number of carbonyl (C=O) groups excluding carboxylic acids is 3. The lowest BCUT2D eigenvalue weighted by atomic mass is 9.87. The minimum Gasteiger partial charge on any atom is -0.396 e. The molecule has 0 aliphatic carbocycles. The minimum absolute atomic E-state index is 0.0551. The zero-order chi connectivity index (χ0) is 24.6. The molecule has 1 aliphatic heterocycles. The van der Waals surface area contributed by atoms with E-state index in [9.17, 15) is 33.0 Å². The van der Waals surface area contributed by atoms with Gasteiger partial charge in [0.1, 0.15) is 6.10 Å². The van der Waals surface area contributed by atoms with E-state index in [4.69, 9.17) is 0 Å². The number of aliphatic hydroxyl groups is 2. The molecule has 0 bridgehead atoms. The molecule has 33 heavy (non-hydrogen) atoms. The molecule has 1 aromatic carbocycles. The molecule has 0 aromatic heterocycles. The monoisotopic (exact) mass is 483 g/mol. The van der Waals surface area contributed by atoms with Crippen molar-refractivity contribution in [1.29, 1.82) is 0 Å². The zero-order valence-electron chi connectivity index (χ0n) is 19.0. The molecule has 0 radical (unpaired) electrons. The van der Waals surface area contributed by atoms with Crippen molar-refractivity contribution in [2.45, 2.75) is 44.1 Å². The summed E-state index contributed by atoms with van der Waals surface area (Å²) in [6.07, 6.45) is -0.537. The summed E-state index contributed by atoms with van der Waals surface area (Å²) in [6, 6.07) is 8.23. The predicted octanol–water partition coefficient (Wildman–Crippen LogP) is -0.342. The summed E-state index contributed by atoms with van der Waals surface area (Å²) >= 11 is 0. The number of rotatable bonds is 11. The Labute approximate surface area is 194 Å². The predicted molar refractivity (Wildman–Crippen MR) is 120 cm³/mol. The summed E-state index contributed by atoms with van der Waals surface area (Å²) < 4.78 is 26.8. The van der Waals surface area contributed by atoms with Gasteiger partial charge in [0.2, 0.25) is 21.7 Å². The van der Waals surface area contributed by atoms with E-state index >= 15 is 0 Å². The van der Waals surface area contributed by atoms with Crippen molar-refractivity contribution in [1.82, 2.24) is 14.9 Å². The first-order chi connectivity index (χ1) is 15.5. The normalized spacial score (nSPS) is 16.7. The SMILES string of the molecule is CC(C)(CO)[C@@H](O)C(=O)NCCC(=O)C(=O)NCC1CCN(S(=O)(=O)c2ccccc2)CC1. The Kier molecular flexibility index (Phi) is 9.53. The third-order valence-corrected chi connectivity index (χ3v) is 7.72. The molecule has 10 nitrogen and oxygen atoms in total. The van der Waals surface area contributed by atoms with Gasteiger partial charge < -0.3 is 20.8 Å². The summed E-state index contributed by atoms with van der Waals surface area (Å²) in [5, 5.41) is 24.1. The average molecular weight is 484 g/mol. The van der Waals surface area contributed by atoms with Crippen molar-refractivity contribution in [3.63, 3.8) is 0 Å². The van der Waals surface area contributed by atoms with Gasteiger partial charge in [-0.05, 0) is 30.9 Å².